The van der Waals surface area contributed by atoms with Crippen LogP contribution in [0, 0.1) is 0 Å². The van der Waals surface area contributed by atoms with Crippen molar-refractivity contribution in [1.29, 1.82) is 0 Å². The fourth-order valence-corrected chi connectivity index (χ4v) is 3.32. The van der Waals surface area contributed by atoms with Gasteiger partial charge in [0.25, 0.3) is 10.9 Å². The molecule has 0 amide bonds. The first-order valence-electron chi connectivity index (χ1n) is 5.58. The maximum atomic E-state index is 15.0. The van der Waals surface area contributed by atoms with Crippen LogP contribution in [-0.4, -0.2) is 35.8 Å². The van der Waals surface area contributed by atoms with E-state index in [0.717, 1.165) is 14.1 Å². The molecule has 2 nitrogen and oxygen atoms in total. The Hall–Kier alpha value is -0.560. The molecule has 1 aromatic rings. The van der Waals surface area contributed by atoms with Crippen molar-refractivity contribution in [1.82, 2.24) is 4.90 Å². The van der Waals surface area contributed by atoms with Crippen LogP contribution in [0.25, 0.3) is 0 Å². The van der Waals surface area contributed by atoms with Gasteiger partial charge < -0.3 is 0 Å². The highest BCUT2D eigenvalue weighted by molar-refractivity contribution is 6.26. The van der Waals surface area contributed by atoms with Crippen molar-refractivity contribution >= 4 is 23.5 Å². The van der Waals surface area contributed by atoms with Crippen LogP contribution in [0.1, 0.15) is 5.56 Å². The Kier molecular flexibility index (Phi) is 3.53. The van der Waals surface area contributed by atoms with Crippen LogP contribution >= 0.6 is 23.5 Å². The van der Waals surface area contributed by atoms with Crippen LogP contribution in [-0.2, 0) is 9.89 Å². The smallest absolute Gasteiger partial charge is 0.269 e. The summed E-state index contributed by atoms with van der Waals surface area (Å²) in [7, 11) is 2.04. The van der Waals surface area contributed by atoms with Crippen molar-refractivity contribution in [3.8, 4) is 0 Å². The predicted octanol–water partition coefficient (Wildman–Crippen LogP) is 3.83. The average molecular weight is 332 g/mol. The summed E-state index contributed by atoms with van der Waals surface area (Å²) in [6.45, 7) is 0. The van der Waals surface area contributed by atoms with E-state index >= 15 is 0 Å². The molecule has 0 aromatic heterocycles. The van der Waals surface area contributed by atoms with E-state index in [4.69, 9.17) is 23.5 Å². The molecule has 3 unspecified atom stereocenters. The van der Waals surface area contributed by atoms with Gasteiger partial charge in [-0.2, -0.15) is 8.78 Å². The number of halogens is 6. The monoisotopic (exact) mass is 331 g/mol. The molecule has 0 radical (unpaired) electrons. The van der Waals surface area contributed by atoms with Crippen molar-refractivity contribution in [3.05, 3.63) is 35.9 Å². The second-order valence-electron chi connectivity index (χ2n) is 4.79. The molecule has 1 saturated carbocycles. The summed E-state index contributed by atoms with van der Waals surface area (Å²) in [5.74, 6) is -8.06. The molecule has 0 heterocycles. The van der Waals surface area contributed by atoms with Crippen molar-refractivity contribution in [2.45, 2.75) is 22.4 Å². The van der Waals surface area contributed by atoms with E-state index in [2.05, 4.69) is 4.29 Å². The summed E-state index contributed by atoms with van der Waals surface area (Å²) in [6.07, 6.45) is 0. The number of likely N-dealkylation sites (N-methyl/N-ethyl adjacent to an activating group) is 1. The highest BCUT2D eigenvalue weighted by atomic mass is 35.5. The van der Waals surface area contributed by atoms with Gasteiger partial charge in [-0.05, 0) is 19.7 Å². The quantitative estimate of drug-likeness (QED) is 0.474. The van der Waals surface area contributed by atoms with E-state index < -0.39 is 22.4 Å². The van der Waals surface area contributed by atoms with E-state index in [0.29, 0.717) is 4.90 Å². The number of rotatable bonds is 3. The molecule has 0 aliphatic heterocycles. The lowest BCUT2D eigenvalue weighted by Crippen LogP contribution is -2.89. The Bertz CT molecular complexity index is 513. The lowest BCUT2D eigenvalue weighted by atomic mass is 9.62. The molecule has 0 spiro atoms. The van der Waals surface area contributed by atoms with Gasteiger partial charge in [-0.1, -0.05) is 41.9 Å². The molecular weight excluding hydrogens is 321 g/mol. The van der Waals surface area contributed by atoms with E-state index in [9.17, 15) is 17.6 Å². The fraction of sp³-hybridized carbons (Fsp3) is 0.500. The Morgan fingerprint density at radius 3 is 1.95 bits per heavy atom. The average Bonchev–Trinajstić information content (AvgIpc) is 2.39. The van der Waals surface area contributed by atoms with Crippen LogP contribution in [0.5, 0.6) is 0 Å². The van der Waals surface area contributed by atoms with E-state index in [1.54, 1.807) is 6.07 Å². The van der Waals surface area contributed by atoms with Gasteiger partial charge in [0.15, 0.2) is 0 Å². The highest BCUT2D eigenvalue weighted by Gasteiger charge is 2.97. The van der Waals surface area contributed by atoms with Gasteiger partial charge in [0.1, 0.15) is 0 Å². The van der Waals surface area contributed by atoms with Gasteiger partial charge in [-0.3, -0.25) is 9.19 Å². The summed E-state index contributed by atoms with van der Waals surface area (Å²) >= 11 is 10.5. The molecule has 0 saturated heterocycles. The SMILES string of the molecule is CN(C)C1(F)C(F)(F)C(F)(Cl)C1(OCl)c1ccccc1. The standard InChI is InChI=1S/C12H11Cl2F4NO/c1-19(2)12(18)9(20-14,8-6-4-3-5-7-8)10(13,15)11(12,16)17/h3-7H,1-2H3. The minimum absolute atomic E-state index is 0.227. The Morgan fingerprint density at radius 1 is 1.05 bits per heavy atom. The van der Waals surface area contributed by atoms with Crippen LogP contribution in [0.2, 0.25) is 0 Å². The van der Waals surface area contributed by atoms with Crippen molar-refractivity contribution in [2.24, 2.45) is 0 Å². The molecule has 112 valence electrons. The fourth-order valence-electron chi connectivity index (χ4n) is 2.58. The van der Waals surface area contributed by atoms with Gasteiger partial charge in [-0.25, -0.2) is 8.78 Å². The van der Waals surface area contributed by atoms with Gasteiger partial charge in [0.05, 0.1) is 11.9 Å². The van der Waals surface area contributed by atoms with Gasteiger partial charge in [-0.15, -0.1) is 0 Å². The molecule has 1 fully saturated rings. The summed E-state index contributed by atoms with van der Waals surface area (Å²) in [5, 5.41) is -3.83. The third kappa shape index (κ3) is 1.38. The summed E-state index contributed by atoms with van der Waals surface area (Å²) in [5.41, 5.74) is -3.09. The number of benzene rings is 1. The zero-order chi connectivity index (χ0) is 15.4. The number of alkyl halides is 5. The Morgan fingerprint density at radius 2 is 1.55 bits per heavy atom. The van der Waals surface area contributed by atoms with E-state index in [1.807, 2.05) is 0 Å². The largest absolute Gasteiger partial charge is 0.348 e. The summed E-state index contributed by atoms with van der Waals surface area (Å²) in [6, 6.07) is 6.79. The highest BCUT2D eigenvalue weighted by Crippen LogP contribution is 2.73. The van der Waals surface area contributed by atoms with Crippen LogP contribution in [0.3, 0.4) is 0 Å². The van der Waals surface area contributed by atoms with E-state index in [-0.39, 0.29) is 5.56 Å². The van der Waals surface area contributed by atoms with Crippen molar-refractivity contribution in [3.63, 3.8) is 0 Å². The maximum Gasteiger partial charge on any atom is 0.348 e. The predicted molar refractivity (Wildman–Crippen MR) is 67.2 cm³/mol. The third-order valence-corrected chi connectivity index (χ3v) is 4.37. The van der Waals surface area contributed by atoms with Gasteiger partial charge >= 0.3 is 5.92 Å². The van der Waals surface area contributed by atoms with Gasteiger partial charge in [0, 0.05) is 0 Å². The minimum atomic E-state index is -4.52. The third-order valence-electron chi connectivity index (χ3n) is 3.63. The first kappa shape index (κ1) is 15.8. The summed E-state index contributed by atoms with van der Waals surface area (Å²) < 4.78 is 61.5. The molecule has 1 aliphatic carbocycles. The van der Waals surface area contributed by atoms with E-state index in [1.165, 1.54) is 24.3 Å². The Labute approximate surface area is 123 Å². The molecule has 8 heteroatoms. The second kappa shape index (κ2) is 4.47. The summed E-state index contributed by atoms with van der Waals surface area (Å²) in [4.78, 5) is 0.503. The second-order valence-corrected chi connectivity index (χ2v) is 5.46. The minimum Gasteiger partial charge on any atom is -0.269 e. The Balaban J connectivity index is 2.74. The lowest BCUT2D eigenvalue weighted by molar-refractivity contribution is -0.422. The molecule has 2 rings (SSSR count). The lowest BCUT2D eigenvalue weighted by Gasteiger charge is -2.64. The number of nitrogens with zero attached hydrogens (tertiary/aromatic N) is 1. The normalized spacial score (nSPS) is 39.6. The molecule has 1 aliphatic rings. The molecule has 20 heavy (non-hydrogen) atoms. The molecule has 0 bridgehead atoms. The van der Waals surface area contributed by atoms with Crippen molar-refractivity contribution < 1.29 is 21.9 Å². The molecule has 0 N–H and O–H groups in total. The first-order valence-corrected chi connectivity index (χ1v) is 6.27. The van der Waals surface area contributed by atoms with Gasteiger partial charge in [0.2, 0.25) is 5.60 Å². The van der Waals surface area contributed by atoms with Crippen LogP contribution in [0.4, 0.5) is 17.6 Å². The number of hydrogen-bond acceptors (Lipinski definition) is 2. The van der Waals surface area contributed by atoms with Crippen molar-refractivity contribution in [2.75, 3.05) is 14.1 Å². The molecule has 1 aromatic carbocycles. The maximum absolute atomic E-state index is 15.0. The zero-order valence-corrected chi connectivity index (χ0v) is 12.0. The van der Waals surface area contributed by atoms with Crippen LogP contribution in [0.15, 0.2) is 30.3 Å². The number of hydrogen-bond donors (Lipinski definition) is 0. The topological polar surface area (TPSA) is 12.5 Å². The van der Waals surface area contributed by atoms with Crippen LogP contribution < -0.4 is 0 Å². The molecule has 3 atom stereocenters. The molecular formula is C12H11Cl2F4NO. The zero-order valence-electron chi connectivity index (χ0n) is 10.5. The first-order chi connectivity index (χ1) is 9.11.